The normalized spacial score (nSPS) is 16.2. The first-order valence-electron chi connectivity index (χ1n) is 6.17. The first kappa shape index (κ1) is 13.5. The second-order valence-electron chi connectivity index (χ2n) is 4.34. The molecule has 3 rings (SSSR count). The Labute approximate surface area is 124 Å². The highest BCUT2D eigenvalue weighted by atomic mass is 32.2. The standard InChI is InChI=1S/C14H13NO3S2/c1-8(16)18-15-11-5-6-19-13-10-7-9(17-2)3-4-12(10)20-14(11)13/h3-4,7H,5-6H2,1-2H3. The van der Waals surface area contributed by atoms with Crippen molar-refractivity contribution in [1.82, 2.24) is 0 Å². The van der Waals surface area contributed by atoms with Gasteiger partial charge >= 0.3 is 5.97 Å². The lowest BCUT2D eigenvalue weighted by Crippen LogP contribution is -2.08. The first-order valence-corrected chi connectivity index (χ1v) is 7.97. The number of thioether (sulfide) groups is 1. The van der Waals surface area contributed by atoms with Gasteiger partial charge < -0.3 is 9.57 Å². The summed E-state index contributed by atoms with van der Waals surface area (Å²) in [5.74, 6) is 1.40. The third-order valence-corrected chi connectivity index (χ3v) is 5.45. The average molecular weight is 307 g/mol. The van der Waals surface area contributed by atoms with Gasteiger partial charge in [0.05, 0.1) is 17.7 Å². The number of benzene rings is 1. The molecular weight excluding hydrogens is 294 g/mol. The lowest BCUT2D eigenvalue weighted by Gasteiger charge is -2.12. The molecule has 2 heterocycles. The Bertz CT molecular complexity index is 706. The van der Waals surface area contributed by atoms with Crippen molar-refractivity contribution in [3.05, 3.63) is 23.1 Å². The second-order valence-corrected chi connectivity index (χ2v) is 6.50. The molecule has 0 spiro atoms. The number of fused-ring (bicyclic) bond motifs is 3. The van der Waals surface area contributed by atoms with Crippen LogP contribution in [0, 0.1) is 0 Å². The van der Waals surface area contributed by atoms with Gasteiger partial charge in [-0.15, -0.1) is 23.1 Å². The molecule has 104 valence electrons. The van der Waals surface area contributed by atoms with Crippen molar-refractivity contribution in [2.24, 2.45) is 5.16 Å². The Morgan fingerprint density at radius 2 is 2.25 bits per heavy atom. The Kier molecular flexibility index (Phi) is 3.67. The van der Waals surface area contributed by atoms with Crippen LogP contribution in [0.5, 0.6) is 5.75 Å². The molecule has 0 bridgehead atoms. The largest absolute Gasteiger partial charge is 0.497 e. The number of thiophene rings is 1. The highest BCUT2D eigenvalue weighted by molar-refractivity contribution is 7.99. The van der Waals surface area contributed by atoms with Crippen molar-refractivity contribution < 1.29 is 14.4 Å². The average Bonchev–Trinajstić information content (AvgIpc) is 2.83. The van der Waals surface area contributed by atoms with Gasteiger partial charge in [0.25, 0.3) is 0 Å². The van der Waals surface area contributed by atoms with Crippen molar-refractivity contribution in [3.63, 3.8) is 0 Å². The molecule has 0 N–H and O–H groups in total. The van der Waals surface area contributed by atoms with E-state index in [0.29, 0.717) is 0 Å². The van der Waals surface area contributed by atoms with E-state index in [4.69, 9.17) is 9.57 Å². The summed E-state index contributed by atoms with van der Waals surface area (Å²) in [5, 5.41) is 5.18. The van der Waals surface area contributed by atoms with Crippen molar-refractivity contribution >= 4 is 44.9 Å². The first-order chi connectivity index (χ1) is 9.69. The van der Waals surface area contributed by atoms with Crippen molar-refractivity contribution in [2.45, 2.75) is 18.2 Å². The quantitative estimate of drug-likeness (QED) is 0.627. The Morgan fingerprint density at radius 1 is 1.40 bits per heavy atom. The van der Waals surface area contributed by atoms with Crippen LogP contribution < -0.4 is 4.74 Å². The molecule has 0 saturated carbocycles. The van der Waals surface area contributed by atoms with E-state index >= 15 is 0 Å². The number of hydrogen-bond acceptors (Lipinski definition) is 6. The van der Waals surface area contributed by atoms with Crippen LogP contribution in [0.15, 0.2) is 28.3 Å². The molecule has 0 aliphatic carbocycles. The maximum absolute atomic E-state index is 10.9. The van der Waals surface area contributed by atoms with Crippen LogP contribution in [-0.2, 0) is 9.63 Å². The van der Waals surface area contributed by atoms with Gasteiger partial charge in [0.1, 0.15) is 5.75 Å². The van der Waals surface area contributed by atoms with Crippen LogP contribution in [0.4, 0.5) is 0 Å². The number of carbonyl (C=O) groups excluding carboxylic acids is 1. The van der Waals surface area contributed by atoms with E-state index in [1.165, 1.54) is 21.9 Å². The molecule has 20 heavy (non-hydrogen) atoms. The number of nitrogens with zero attached hydrogens (tertiary/aromatic N) is 1. The van der Waals surface area contributed by atoms with Gasteiger partial charge in [-0.3, -0.25) is 0 Å². The molecule has 2 aromatic rings. The van der Waals surface area contributed by atoms with Gasteiger partial charge in [0.2, 0.25) is 0 Å². The number of rotatable bonds is 2. The summed E-state index contributed by atoms with van der Waals surface area (Å²) in [6.07, 6.45) is 0.814. The summed E-state index contributed by atoms with van der Waals surface area (Å²) < 4.78 is 6.48. The number of hydrogen-bond donors (Lipinski definition) is 0. The maximum atomic E-state index is 10.9. The van der Waals surface area contributed by atoms with Crippen LogP contribution in [0.25, 0.3) is 10.1 Å². The number of oxime groups is 1. The number of methoxy groups -OCH3 is 1. The van der Waals surface area contributed by atoms with Gasteiger partial charge in [-0.25, -0.2) is 4.79 Å². The molecule has 6 heteroatoms. The van der Waals surface area contributed by atoms with E-state index in [1.807, 2.05) is 23.9 Å². The fourth-order valence-electron chi connectivity index (χ4n) is 2.08. The maximum Gasteiger partial charge on any atom is 0.331 e. The van der Waals surface area contributed by atoms with Gasteiger partial charge in [-0.05, 0) is 18.2 Å². The SMILES string of the molecule is COc1ccc2sc3c(c2c1)SCCC3=NOC(C)=O. The van der Waals surface area contributed by atoms with E-state index in [2.05, 4.69) is 11.2 Å². The van der Waals surface area contributed by atoms with Crippen molar-refractivity contribution in [1.29, 1.82) is 0 Å². The van der Waals surface area contributed by atoms with E-state index in [-0.39, 0.29) is 5.97 Å². The molecule has 0 radical (unpaired) electrons. The molecule has 1 aliphatic rings. The minimum atomic E-state index is -0.389. The summed E-state index contributed by atoms with van der Waals surface area (Å²) in [5.41, 5.74) is 0.856. The van der Waals surface area contributed by atoms with Crippen molar-refractivity contribution in [3.8, 4) is 5.75 Å². The van der Waals surface area contributed by atoms with Gasteiger partial charge in [-0.2, -0.15) is 0 Å². The van der Waals surface area contributed by atoms with Gasteiger partial charge in [0, 0.05) is 34.1 Å². The molecule has 0 unspecified atom stereocenters. The highest BCUT2D eigenvalue weighted by Gasteiger charge is 2.22. The van der Waals surface area contributed by atoms with E-state index in [0.717, 1.165) is 28.5 Å². The van der Waals surface area contributed by atoms with Crippen molar-refractivity contribution in [2.75, 3.05) is 12.9 Å². The zero-order valence-electron chi connectivity index (χ0n) is 11.1. The molecule has 4 nitrogen and oxygen atoms in total. The fourth-order valence-corrected chi connectivity index (χ4v) is 4.61. The van der Waals surface area contributed by atoms with Gasteiger partial charge in [-0.1, -0.05) is 5.16 Å². The summed E-state index contributed by atoms with van der Waals surface area (Å²) >= 11 is 3.50. The monoisotopic (exact) mass is 307 g/mol. The van der Waals surface area contributed by atoms with Crippen LogP contribution in [0.2, 0.25) is 0 Å². The minimum Gasteiger partial charge on any atom is -0.497 e. The minimum absolute atomic E-state index is 0.389. The Hall–Kier alpha value is -1.53. The molecule has 1 aromatic carbocycles. The van der Waals surface area contributed by atoms with Crippen LogP contribution >= 0.6 is 23.1 Å². The molecule has 0 fully saturated rings. The van der Waals surface area contributed by atoms with Gasteiger partial charge in [0.15, 0.2) is 0 Å². The van der Waals surface area contributed by atoms with Crippen LogP contribution in [0.1, 0.15) is 18.2 Å². The summed E-state index contributed by atoms with van der Waals surface area (Å²) in [6, 6.07) is 6.06. The molecular formula is C14H13NO3S2. The van der Waals surface area contributed by atoms with E-state index in [9.17, 15) is 4.79 Å². The Balaban J connectivity index is 2.10. The lowest BCUT2D eigenvalue weighted by atomic mass is 10.2. The third-order valence-electron chi connectivity index (χ3n) is 2.98. The zero-order valence-corrected chi connectivity index (χ0v) is 12.8. The highest BCUT2D eigenvalue weighted by Crippen LogP contribution is 2.43. The second kappa shape index (κ2) is 5.46. The molecule has 1 aliphatic heterocycles. The number of carbonyl (C=O) groups is 1. The summed E-state index contributed by atoms with van der Waals surface area (Å²) in [7, 11) is 1.67. The molecule has 0 saturated heterocycles. The lowest BCUT2D eigenvalue weighted by molar-refractivity contribution is -0.140. The predicted octanol–water partition coefficient (Wildman–Crippen LogP) is 3.67. The third kappa shape index (κ3) is 2.41. The number of ether oxygens (including phenoxy) is 1. The summed E-state index contributed by atoms with van der Waals surface area (Å²) in [6.45, 7) is 1.36. The fraction of sp³-hybridized carbons (Fsp3) is 0.286. The van der Waals surface area contributed by atoms with Crippen LogP contribution in [0.3, 0.4) is 0 Å². The van der Waals surface area contributed by atoms with E-state index in [1.54, 1.807) is 18.4 Å². The van der Waals surface area contributed by atoms with E-state index < -0.39 is 0 Å². The molecule has 0 atom stereocenters. The molecule has 0 amide bonds. The zero-order chi connectivity index (χ0) is 14.1. The summed E-state index contributed by atoms with van der Waals surface area (Å²) in [4.78, 5) is 18.0. The Morgan fingerprint density at radius 3 is 3.00 bits per heavy atom. The smallest absolute Gasteiger partial charge is 0.331 e. The molecule has 1 aromatic heterocycles. The topological polar surface area (TPSA) is 47.9 Å². The predicted molar refractivity (Wildman–Crippen MR) is 82.0 cm³/mol. The van der Waals surface area contributed by atoms with Crippen LogP contribution in [-0.4, -0.2) is 24.5 Å².